The van der Waals surface area contributed by atoms with Crippen molar-refractivity contribution < 1.29 is 14.4 Å². The molecule has 0 unspecified atom stereocenters. The van der Waals surface area contributed by atoms with E-state index in [0.717, 1.165) is 64.2 Å². The molecule has 1 amide bonds. The number of nitrogens with one attached hydrogen (secondary N) is 1. The molecule has 29 heavy (non-hydrogen) atoms. The van der Waals surface area contributed by atoms with Gasteiger partial charge < -0.3 is 14.5 Å². The number of hydrogen-bond acceptors (Lipinski definition) is 2. The summed E-state index contributed by atoms with van der Waals surface area (Å²) in [4.78, 5) is 16.9. The first-order chi connectivity index (χ1) is 14.2. The van der Waals surface area contributed by atoms with Crippen molar-refractivity contribution in [3.63, 3.8) is 0 Å². The lowest BCUT2D eigenvalue weighted by Crippen LogP contribution is -3.11. The van der Waals surface area contributed by atoms with Crippen molar-refractivity contribution >= 4 is 5.91 Å². The largest absolute Gasteiger partial charge is 0.496 e. The van der Waals surface area contributed by atoms with Crippen LogP contribution < -0.4 is 9.64 Å². The number of ether oxygens (including phenoxy) is 1. The average molecular weight is 396 g/mol. The number of para-hydroxylation sites is 1. The molecule has 0 saturated carbocycles. The molecule has 1 aliphatic rings. The molecule has 1 saturated heterocycles. The van der Waals surface area contributed by atoms with Gasteiger partial charge in [-0.3, -0.25) is 4.79 Å². The average Bonchev–Trinajstić information content (AvgIpc) is 2.78. The van der Waals surface area contributed by atoms with Gasteiger partial charge in [0.15, 0.2) is 0 Å². The van der Waals surface area contributed by atoms with Crippen molar-refractivity contribution in [2.75, 3.05) is 26.7 Å². The summed E-state index contributed by atoms with van der Waals surface area (Å²) in [5.41, 5.74) is 2.47. The molecule has 0 aliphatic carbocycles. The Morgan fingerprint density at radius 1 is 1.07 bits per heavy atom. The van der Waals surface area contributed by atoms with Gasteiger partial charge in [-0.15, -0.1) is 0 Å². The van der Waals surface area contributed by atoms with Crippen LogP contribution in [-0.4, -0.2) is 37.6 Å². The lowest BCUT2D eigenvalue weighted by atomic mass is 9.94. The number of unbranched alkanes of at least 4 members (excludes halogenated alkanes) is 1. The number of benzene rings is 2. The van der Waals surface area contributed by atoms with Gasteiger partial charge >= 0.3 is 0 Å². The van der Waals surface area contributed by atoms with E-state index in [2.05, 4.69) is 48.2 Å². The van der Waals surface area contributed by atoms with Crippen LogP contribution in [0.4, 0.5) is 0 Å². The number of likely N-dealkylation sites (tertiary alicyclic amines) is 1. The first-order valence-electron chi connectivity index (χ1n) is 11.0. The smallest absolute Gasteiger partial charge is 0.226 e. The zero-order chi connectivity index (χ0) is 20.5. The van der Waals surface area contributed by atoms with Gasteiger partial charge in [-0.1, -0.05) is 55.8 Å². The van der Waals surface area contributed by atoms with Crippen LogP contribution in [0.2, 0.25) is 0 Å². The second-order valence-electron chi connectivity index (χ2n) is 8.11. The number of quaternary nitrogens is 1. The third-order valence-electron chi connectivity index (χ3n) is 5.98. The Morgan fingerprint density at radius 3 is 2.45 bits per heavy atom. The standard InChI is InChI=1S/C25H34N2O2/c1-3-4-16-27(19-21-10-6-5-7-11-21)25(28)22-14-17-26(18-15-22)20-23-12-8-9-13-24(23)29-2/h5-13,22H,3-4,14-20H2,1-2H3/p+1. The number of rotatable bonds is 9. The van der Waals surface area contributed by atoms with E-state index in [1.165, 1.54) is 11.1 Å². The summed E-state index contributed by atoms with van der Waals surface area (Å²) >= 11 is 0. The van der Waals surface area contributed by atoms with Crippen LogP contribution in [0, 0.1) is 5.92 Å². The van der Waals surface area contributed by atoms with Crippen molar-refractivity contribution in [3.8, 4) is 5.75 Å². The summed E-state index contributed by atoms with van der Waals surface area (Å²) in [7, 11) is 1.73. The summed E-state index contributed by atoms with van der Waals surface area (Å²) < 4.78 is 5.50. The van der Waals surface area contributed by atoms with E-state index in [-0.39, 0.29) is 5.92 Å². The van der Waals surface area contributed by atoms with E-state index in [9.17, 15) is 4.79 Å². The number of piperidine rings is 1. The topological polar surface area (TPSA) is 34.0 Å². The van der Waals surface area contributed by atoms with Gasteiger partial charge in [-0.05, 0) is 24.1 Å². The fourth-order valence-electron chi connectivity index (χ4n) is 4.25. The van der Waals surface area contributed by atoms with E-state index < -0.39 is 0 Å². The molecule has 0 aromatic heterocycles. The van der Waals surface area contributed by atoms with E-state index in [1.54, 1.807) is 12.0 Å². The summed E-state index contributed by atoms with van der Waals surface area (Å²) in [5.74, 6) is 1.47. The highest BCUT2D eigenvalue weighted by Gasteiger charge is 2.30. The predicted molar refractivity (Wildman–Crippen MR) is 117 cm³/mol. The fraction of sp³-hybridized carbons (Fsp3) is 0.480. The van der Waals surface area contributed by atoms with Crippen molar-refractivity contribution in [3.05, 3.63) is 65.7 Å². The van der Waals surface area contributed by atoms with Gasteiger partial charge in [-0.25, -0.2) is 0 Å². The van der Waals surface area contributed by atoms with E-state index in [0.29, 0.717) is 5.91 Å². The van der Waals surface area contributed by atoms with Gasteiger partial charge in [0, 0.05) is 37.4 Å². The Morgan fingerprint density at radius 2 is 1.76 bits per heavy atom. The van der Waals surface area contributed by atoms with Crippen molar-refractivity contribution in [2.45, 2.75) is 45.7 Å². The van der Waals surface area contributed by atoms with Gasteiger partial charge in [-0.2, -0.15) is 0 Å². The third-order valence-corrected chi connectivity index (χ3v) is 5.98. The van der Waals surface area contributed by atoms with E-state index in [1.807, 2.05) is 18.2 Å². The lowest BCUT2D eigenvalue weighted by Gasteiger charge is -2.32. The fourth-order valence-corrected chi connectivity index (χ4v) is 4.25. The van der Waals surface area contributed by atoms with Crippen LogP contribution in [0.1, 0.15) is 43.7 Å². The minimum Gasteiger partial charge on any atom is -0.496 e. The summed E-state index contributed by atoms with van der Waals surface area (Å²) in [5, 5.41) is 0. The first kappa shape index (κ1) is 21.4. The maximum absolute atomic E-state index is 13.3. The second-order valence-corrected chi connectivity index (χ2v) is 8.11. The van der Waals surface area contributed by atoms with Crippen LogP contribution in [0.15, 0.2) is 54.6 Å². The molecule has 0 bridgehead atoms. The van der Waals surface area contributed by atoms with Crippen LogP contribution in [0.3, 0.4) is 0 Å². The summed E-state index contributed by atoms with van der Waals surface area (Å²) in [6.07, 6.45) is 4.12. The van der Waals surface area contributed by atoms with Crippen LogP contribution in [0.5, 0.6) is 5.75 Å². The Labute approximate surface area is 175 Å². The molecule has 0 spiro atoms. The number of methoxy groups -OCH3 is 1. The quantitative estimate of drug-likeness (QED) is 0.707. The SMILES string of the molecule is CCCCN(Cc1ccccc1)C(=O)C1CC[NH+](Cc2ccccc2OC)CC1. The van der Waals surface area contributed by atoms with Crippen molar-refractivity contribution in [2.24, 2.45) is 5.92 Å². The van der Waals surface area contributed by atoms with Gasteiger partial charge in [0.1, 0.15) is 12.3 Å². The molecule has 156 valence electrons. The van der Waals surface area contributed by atoms with Gasteiger partial charge in [0.25, 0.3) is 0 Å². The molecule has 0 atom stereocenters. The zero-order valence-electron chi connectivity index (χ0n) is 17.9. The molecule has 2 aromatic rings. The molecule has 4 nitrogen and oxygen atoms in total. The predicted octanol–water partition coefficient (Wildman–Crippen LogP) is 3.32. The molecule has 4 heteroatoms. The maximum atomic E-state index is 13.3. The highest BCUT2D eigenvalue weighted by Crippen LogP contribution is 2.19. The minimum absolute atomic E-state index is 0.164. The van der Waals surface area contributed by atoms with Crippen molar-refractivity contribution in [1.29, 1.82) is 0 Å². The van der Waals surface area contributed by atoms with Crippen molar-refractivity contribution in [1.82, 2.24) is 4.90 Å². The zero-order valence-corrected chi connectivity index (χ0v) is 17.9. The normalized spacial score (nSPS) is 19.0. The summed E-state index contributed by atoms with van der Waals surface area (Å²) in [6, 6.07) is 18.6. The monoisotopic (exact) mass is 395 g/mol. The lowest BCUT2D eigenvalue weighted by molar-refractivity contribution is -0.919. The molecular formula is C25H35N2O2+. The molecule has 3 rings (SSSR count). The molecule has 2 aromatic carbocycles. The van der Waals surface area contributed by atoms with Crippen LogP contribution in [-0.2, 0) is 17.9 Å². The molecular weight excluding hydrogens is 360 g/mol. The van der Waals surface area contributed by atoms with Gasteiger partial charge in [0.05, 0.1) is 20.2 Å². The Balaban J connectivity index is 1.56. The molecule has 1 fully saturated rings. The van der Waals surface area contributed by atoms with E-state index >= 15 is 0 Å². The minimum atomic E-state index is 0.164. The first-order valence-corrected chi connectivity index (χ1v) is 11.0. The van der Waals surface area contributed by atoms with E-state index in [4.69, 9.17) is 4.74 Å². The second kappa shape index (κ2) is 11.0. The Kier molecular flexibility index (Phi) is 8.12. The Hall–Kier alpha value is -2.33. The number of carbonyl (C=O) groups excluding carboxylic acids is 1. The van der Waals surface area contributed by atoms with Crippen LogP contribution in [0.25, 0.3) is 0 Å². The maximum Gasteiger partial charge on any atom is 0.226 e. The molecule has 0 radical (unpaired) electrons. The molecule has 1 aliphatic heterocycles. The highest BCUT2D eigenvalue weighted by molar-refractivity contribution is 5.79. The van der Waals surface area contributed by atoms with Crippen LogP contribution >= 0.6 is 0 Å². The number of hydrogen-bond donors (Lipinski definition) is 1. The summed E-state index contributed by atoms with van der Waals surface area (Å²) in [6.45, 7) is 6.83. The third kappa shape index (κ3) is 6.07. The molecule has 1 N–H and O–H groups in total. The Bertz CT molecular complexity index is 754. The highest BCUT2D eigenvalue weighted by atomic mass is 16.5. The van der Waals surface area contributed by atoms with Gasteiger partial charge in [0.2, 0.25) is 5.91 Å². The number of carbonyl (C=O) groups is 1. The molecule has 1 heterocycles. The number of amides is 1. The number of nitrogens with zero attached hydrogens (tertiary/aromatic N) is 1.